The molecule has 0 amide bonds. The number of aliphatic hydroxyl groups excluding tert-OH is 1. The fraction of sp³-hybridized carbons (Fsp3) is 0.615. The van der Waals surface area contributed by atoms with Crippen molar-refractivity contribution >= 4 is 0 Å². The van der Waals surface area contributed by atoms with E-state index >= 15 is 0 Å². The minimum absolute atomic E-state index is 0.296. The Morgan fingerprint density at radius 2 is 2.12 bits per heavy atom. The van der Waals surface area contributed by atoms with Crippen molar-refractivity contribution in [1.29, 1.82) is 0 Å². The highest BCUT2D eigenvalue weighted by Gasteiger charge is 2.04. The van der Waals surface area contributed by atoms with E-state index in [4.69, 9.17) is 5.11 Å². The van der Waals surface area contributed by atoms with Gasteiger partial charge in [-0.1, -0.05) is 13.3 Å². The monoisotopic (exact) mass is 222 g/mol. The second-order valence-corrected chi connectivity index (χ2v) is 4.10. The van der Waals surface area contributed by atoms with E-state index < -0.39 is 0 Å². The fourth-order valence-corrected chi connectivity index (χ4v) is 1.72. The van der Waals surface area contributed by atoms with Crippen LogP contribution in [-0.2, 0) is 6.42 Å². The second-order valence-electron chi connectivity index (χ2n) is 4.10. The van der Waals surface area contributed by atoms with Gasteiger partial charge in [0.25, 0.3) is 0 Å². The molecule has 0 radical (unpaired) electrons. The van der Waals surface area contributed by atoms with Gasteiger partial charge in [0, 0.05) is 19.0 Å². The van der Waals surface area contributed by atoms with Crippen LogP contribution in [0.25, 0.3) is 0 Å². The predicted molar refractivity (Wildman–Crippen MR) is 66.3 cm³/mol. The Kier molecular flexibility index (Phi) is 6.77. The minimum atomic E-state index is 0.296. The number of pyridine rings is 1. The molecule has 1 atom stereocenters. The molecule has 0 spiro atoms. The summed E-state index contributed by atoms with van der Waals surface area (Å²) in [4.78, 5) is 3.99. The Hall–Kier alpha value is -0.930. The first kappa shape index (κ1) is 13.1. The largest absolute Gasteiger partial charge is 0.396 e. The molecule has 0 aliphatic carbocycles. The summed E-state index contributed by atoms with van der Waals surface area (Å²) in [5.74, 6) is 0.599. The zero-order chi connectivity index (χ0) is 11.6. The van der Waals surface area contributed by atoms with Gasteiger partial charge in [-0.3, -0.25) is 4.98 Å². The first-order valence-electron chi connectivity index (χ1n) is 6.07. The lowest BCUT2D eigenvalue weighted by atomic mass is 10.0. The first-order chi connectivity index (χ1) is 7.86. The molecule has 16 heavy (non-hydrogen) atoms. The molecular formula is C13H22N2O. The van der Waals surface area contributed by atoms with Crippen LogP contribution in [0.5, 0.6) is 0 Å². The first-order valence-corrected chi connectivity index (χ1v) is 6.07. The van der Waals surface area contributed by atoms with Crippen LogP contribution >= 0.6 is 0 Å². The number of hydrogen-bond acceptors (Lipinski definition) is 3. The summed E-state index contributed by atoms with van der Waals surface area (Å²) in [5.41, 5.74) is 1.32. The number of aromatic nitrogens is 1. The van der Waals surface area contributed by atoms with Crippen molar-refractivity contribution in [3.05, 3.63) is 30.1 Å². The smallest absolute Gasteiger partial charge is 0.0434 e. The maximum absolute atomic E-state index is 8.87. The van der Waals surface area contributed by atoms with Gasteiger partial charge < -0.3 is 10.4 Å². The molecule has 90 valence electrons. The normalized spacial score (nSPS) is 12.6. The van der Waals surface area contributed by atoms with E-state index in [-0.39, 0.29) is 0 Å². The van der Waals surface area contributed by atoms with Crippen LogP contribution in [-0.4, -0.2) is 29.8 Å². The van der Waals surface area contributed by atoms with Gasteiger partial charge in [0.2, 0.25) is 0 Å². The van der Waals surface area contributed by atoms with Gasteiger partial charge in [-0.15, -0.1) is 0 Å². The highest BCUT2D eigenvalue weighted by molar-refractivity contribution is 5.09. The molecule has 3 nitrogen and oxygen atoms in total. The molecule has 1 aromatic heterocycles. The Morgan fingerprint density at radius 3 is 2.75 bits per heavy atom. The SMILES string of the molecule is CCC(CCO)CNCCc1ccncc1. The van der Waals surface area contributed by atoms with Crippen LogP contribution in [0.1, 0.15) is 25.3 Å². The minimum Gasteiger partial charge on any atom is -0.396 e. The Labute approximate surface area is 97.9 Å². The molecule has 3 heteroatoms. The van der Waals surface area contributed by atoms with Crippen LogP contribution in [0.15, 0.2) is 24.5 Å². The molecule has 1 aromatic rings. The van der Waals surface area contributed by atoms with Gasteiger partial charge >= 0.3 is 0 Å². The molecular weight excluding hydrogens is 200 g/mol. The van der Waals surface area contributed by atoms with Crippen molar-refractivity contribution < 1.29 is 5.11 Å². The molecule has 2 N–H and O–H groups in total. The topological polar surface area (TPSA) is 45.1 Å². The van der Waals surface area contributed by atoms with E-state index in [1.807, 2.05) is 24.5 Å². The highest BCUT2D eigenvalue weighted by Crippen LogP contribution is 2.05. The molecule has 1 rings (SSSR count). The van der Waals surface area contributed by atoms with E-state index in [0.29, 0.717) is 12.5 Å². The molecule has 1 unspecified atom stereocenters. The van der Waals surface area contributed by atoms with Gasteiger partial charge in [-0.25, -0.2) is 0 Å². The highest BCUT2D eigenvalue weighted by atomic mass is 16.3. The summed E-state index contributed by atoms with van der Waals surface area (Å²) in [6.07, 6.45) is 6.73. The molecule has 0 aliphatic heterocycles. The second kappa shape index (κ2) is 8.25. The lowest BCUT2D eigenvalue weighted by Crippen LogP contribution is -2.25. The van der Waals surface area contributed by atoms with Crippen molar-refractivity contribution in [2.75, 3.05) is 19.7 Å². The zero-order valence-electron chi connectivity index (χ0n) is 10.0. The average molecular weight is 222 g/mol. The predicted octanol–water partition coefficient (Wildman–Crippen LogP) is 1.62. The third-order valence-electron chi connectivity index (χ3n) is 2.89. The van der Waals surface area contributed by atoms with Crippen LogP contribution in [0.3, 0.4) is 0 Å². The van der Waals surface area contributed by atoms with Gasteiger partial charge in [0.15, 0.2) is 0 Å². The summed E-state index contributed by atoms with van der Waals surface area (Å²) in [6.45, 7) is 4.46. The average Bonchev–Trinajstić information content (AvgIpc) is 2.34. The Bertz CT molecular complexity index is 264. The maximum Gasteiger partial charge on any atom is 0.0434 e. The van der Waals surface area contributed by atoms with Crippen LogP contribution < -0.4 is 5.32 Å². The molecule has 0 aliphatic rings. The fourth-order valence-electron chi connectivity index (χ4n) is 1.72. The number of nitrogens with one attached hydrogen (secondary N) is 1. The standard InChI is InChI=1S/C13H22N2O/c1-2-12(6-10-16)11-15-9-5-13-3-7-14-8-4-13/h3-4,7-8,12,15-16H,2,5-6,9-11H2,1H3. The third kappa shape index (κ3) is 5.24. The van der Waals surface area contributed by atoms with E-state index in [9.17, 15) is 0 Å². The molecule has 0 aromatic carbocycles. The van der Waals surface area contributed by atoms with E-state index in [1.54, 1.807) is 0 Å². The quantitative estimate of drug-likeness (QED) is 0.657. The summed E-state index contributed by atoms with van der Waals surface area (Å²) in [6, 6.07) is 4.10. The maximum atomic E-state index is 8.87. The van der Waals surface area contributed by atoms with E-state index in [1.165, 1.54) is 5.56 Å². The molecule has 0 bridgehead atoms. The number of aliphatic hydroxyl groups is 1. The van der Waals surface area contributed by atoms with Gasteiger partial charge in [0.1, 0.15) is 0 Å². The summed E-state index contributed by atoms with van der Waals surface area (Å²) in [7, 11) is 0. The number of hydrogen-bond donors (Lipinski definition) is 2. The van der Waals surface area contributed by atoms with Crippen LogP contribution in [0.2, 0.25) is 0 Å². The third-order valence-corrected chi connectivity index (χ3v) is 2.89. The van der Waals surface area contributed by atoms with Crippen molar-refractivity contribution in [2.45, 2.75) is 26.2 Å². The zero-order valence-corrected chi connectivity index (χ0v) is 10.0. The lowest BCUT2D eigenvalue weighted by Gasteiger charge is -2.14. The number of rotatable bonds is 8. The molecule has 0 fully saturated rings. The summed E-state index contributed by atoms with van der Waals surface area (Å²) >= 11 is 0. The van der Waals surface area contributed by atoms with Crippen LogP contribution in [0.4, 0.5) is 0 Å². The Balaban J connectivity index is 2.11. The molecule has 1 heterocycles. The van der Waals surface area contributed by atoms with Gasteiger partial charge in [-0.2, -0.15) is 0 Å². The van der Waals surface area contributed by atoms with Crippen LogP contribution in [0, 0.1) is 5.92 Å². The Morgan fingerprint density at radius 1 is 1.38 bits per heavy atom. The van der Waals surface area contributed by atoms with Crippen molar-refractivity contribution in [1.82, 2.24) is 10.3 Å². The molecule has 0 saturated heterocycles. The van der Waals surface area contributed by atoms with Gasteiger partial charge in [-0.05, 0) is 49.5 Å². The lowest BCUT2D eigenvalue weighted by molar-refractivity contribution is 0.251. The van der Waals surface area contributed by atoms with Gasteiger partial charge in [0.05, 0.1) is 0 Å². The number of nitrogens with zero attached hydrogens (tertiary/aromatic N) is 1. The summed E-state index contributed by atoms with van der Waals surface area (Å²) in [5, 5.41) is 12.3. The summed E-state index contributed by atoms with van der Waals surface area (Å²) < 4.78 is 0. The van der Waals surface area contributed by atoms with E-state index in [0.717, 1.165) is 32.4 Å². The van der Waals surface area contributed by atoms with Crippen molar-refractivity contribution in [3.8, 4) is 0 Å². The van der Waals surface area contributed by atoms with Crippen molar-refractivity contribution in [2.24, 2.45) is 5.92 Å². The molecule has 0 saturated carbocycles. The van der Waals surface area contributed by atoms with E-state index in [2.05, 4.69) is 17.2 Å². The van der Waals surface area contributed by atoms with Crippen molar-refractivity contribution in [3.63, 3.8) is 0 Å².